The zero-order valence-corrected chi connectivity index (χ0v) is 7.88. The van der Waals surface area contributed by atoms with E-state index in [2.05, 4.69) is 0 Å². The maximum Gasteiger partial charge on any atom is 0.211 e. The predicted molar refractivity (Wildman–Crippen MR) is 51.6 cm³/mol. The number of hydrogen-bond donors (Lipinski definition) is 0. The number of nitrogens with zero attached hydrogens (tertiary/aromatic N) is 1. The molecule has 0 saturated carbocycles. The molecule has 2 rings (SSSR count). The van der Waals surface area contributed by atoms with E-state index in [1.54, 1.807) is 6.92 Å². The Morgan fingerprint density at radius 3 is 2.36 bits per heavy atom. The third-order valence-electron chi connectivity index (χ3n) is 2.79. The van der Waals surface area contributed by atoms with Gasteiger partial charge in [0.25, 0.3) is 0 Å². The van der Waals surface area contributed by atoms with E-state index in [-0.39, 0.29) is 6.04 Å². The molecule has 1 heterocycles. The van der Waals surface area contributed by atoms with E-state index in [0.29, 0.717) is 0 Å². The Morgan fingerprint density at radius 2 is 1.93 bits per heavy atom. The third kappa shape index (κ3) is 1.05. The molecule has 1 aromatic rings. The lowest BCUT2D eigenvalue weighted by Crippen LogP contribution is -2.14. The van der Waals surface area contributed by atoms with E-state index in [0.717, 1.165) is 18.3 Å². The van der Waals surface area contributed by atoms with Gasteiger partial charge in [-0.2, -0.15) is 0 Å². The summed E-state index contributed by atoms with van der Waals surface area (Å²) in [5.41, 5.74) is 0.373. The Hall–Kier alpha value is -1.64. The molecule has 14 heavy (non-hydrogen) atoms. The average Bonchev–Trinajstić information content (AvgIpc) is 2.86. The molecule has 1 aliphatic heterocycles. The van der Waals surface area contributed by atoms with Crippen LogP contribution in [0.1, 0.15) is 18.5 Å². The summed E-state index contributed by atoms with van der Waals surface area (Å²) in [5.74, 6) is 0. The van der Waals surface area contributed by atoms with Gasteiger partial charge in [-0.25, -0.2) is 0 Å². The summed E-state index contributed by atoms with van der Waals surface area (Å²) in [7, 11) is 0. The molecular weight excluding hydrogens is 178 g/mol. The molecule has 0 bridgehead atoms. The number of carbonyl (C=O) groups is 2. The lowest BCUT2D eigenvalue weighted by molar-refractivity contribution is -0.118. The van der Waals surface area contributed by atoms with Crippen LogP contribution in [0.5, 0.6) is 0 Å². The summed E-state index contributed by atoms with van der Waals surface area (Å²) < 4.78 is 0. The molecule has 1 fully saturated rings. The minimum atomic E-state index is -0.636. The van der Waals surface area contributed by atoms with Gasteiger partial charge in [0.2, 0.25) is 6.41 Å². The van der Waals surface area contributed by atoms with Crippen LogP contribution in [0, 0.1) is 0 Å². The molecule has 0 aromatic heterocycles. The summed E-state index contributed by atoms with van der Waals surface area (Å²) in [4.78, 5) is 23.1. The number of rotatable bonds is 3. The lowest BCUT2D eigenvalue weighted by Gasteiger charge is -1.96. The summed E-state index contributed by atoms with van der Waals surface area (Å²) in [6, 6.07) is 9.49. The molecule has 1 aromatic carbocycles. The fourth-order valence-electron chi connectivity index (χ4n) is 1.86. The average molecular weight is 189 g/mol. The van der Waals surface area contributed by atoms with Crippen LogP contribution in [0.4, 0.5) is 0 Å². The highest BCUT2D eigenvalue weighted by Gasteiger charge is 2.59. The number of carbonyl (C=O) groups excluding carboxylic acids is 2. The topological polar surface area (TPSA) is 37.1 Å². The molecule has 0 N–H and O–H groups in total. The smallest absolute Gasteiger partial charge is 0.211 e. The van der Waals surface area contributed by atoms with Gasteiger partial charge in [-0.3, -0.25) is 4.79 Å². The highest BCUT2D eigenvalue weighted by atomic mass is 16.2. The van der Waals surface area contributed by atoms with Crippen LogP contribution in [0.2, 0.25) is 0 Å². The van der Waals surface area contributed by atoms with Gasteiger partial charge in [0.05, 0.1) is 6.04 Å². The van der Waals surface area contributed by atoms with Gasteiger partial charge in [-0.1, -0.05) is 30.3 Å². The molecule has 0 radical (unpaired) electrons. The van der Waals surface area contributed by atoms with Crippen molar-refractivity contribution >= 4 is 12.7 Å². The Labute approximate surface area is 82.3 Å². The Bertz CT molecular complexity index is 363. The Balaban J connectivity index is 2.31. The van der Waals surface area contributed by atoms with Crippen LogP contribution in [0.15, 0.2) is 30.3 Å². The van der Waals surface area contributed by atoms with Crippen molar-refractivity contribution in [3.8, 4) is 0 Å². The second kappa shape index (κ2) is 2.94. The minimum absolute atomic E-state index is 0.0845. The first kappa shape index (κ1) is 8.94. The quantitative estimate of drug-likeness (QED) is 0.528. The third-order valence-corrected chi connectivity index (χ3v) is 2.79. The van der Waals surface area contributed by atoms with Gasteiger partial charge in [-0.15, -0.1) is 0 Å². The molecule has 1 amide bonds. The summed E-state index contributed by atoms with van der Waals surface area (Å²) in [6.45, 7) is 1.77. The number of amides is 1. The van der Waals surface area contributed by atoms with Gasteiger partial charge >= 0.3 is 0 Å². The number of benzene rings is 1. The minimum Gasteiger partial charge on any atom is -0.321 e. The van der Waals surface area contributed by atoms with Gasteiger partial charge in [0.15, 0.2) is 0 Å². The molecule has 0 spiro atoms. The molecule has 3 heteroatoms. The SMILES string of the molecule is CC1(C=O)C(c2ccccc2)N1C=O. The zero-order chi connectivity index (χ0) is 10.2. The van der Waals surface area contributed by atoms with Crippen molar-refractivity contribution in [1.29, 1.82) is 0 Å². The van der Waals surface area contributed by atoms with E-state index in [9.17, 15) is 9.59 Å². The van der Waals surface area contributed by atoms with Crippen molar-refractivity contribution in [2.24, 2.45) is 0 Å². The van der Waals surface area contributed by atoms with E-state index in [1.807, 2.05) is 30.3 Å². The molecule has 3 nitrogen and oxygen atoms in total. The van der Waals surface area contributed by atoms with Crippen LogP contribution in [0.3, 0.4) is 0 Å². The molecule has 0 aliphatic carbocycles. The Morgan fingerprint density at radius 1 is 1.29 bits per heavy atom. The van der Waals surface area contributed by atoms with E-state index in [1.165, 1.54) is 4.90 Å². The summed E-state index contributed by atoms with van der Waals surface area (Å²) >= 11 is 0. The van der Waals surface area contributed by atoms with E-state index < -0.39 is 5.54 Å². The van der Waals surface area contributed by atoms with Crippen LogP contribution < -0.4 is 0 Å². The monoisotopic (exact) mass is 189 g/mol. The summed E-state index contributed by atoms with van der Waals surface area (Å²) in [6.07, 6.45) is 1.56. The van der Waals surface area contributed by atoms with Gasteiger partial charge in [0.1, 0.15) is 11.8 Å². The first-order valence-corrected chi connectivity index (χ1v) is 4.49. The standard InChI is InChI=1S/C11H11NO2/c1-11(7-13)10(12(11)8-14)9-5-3-2-4-6-9/h2-8,10H,1H3. The molecule has 72 valence electrons. The first-order valence-electron chi connectivity index (χ1n) is 4.49. The molecule has 2 atom stereocenters. The first-order chi connectivity index (χ1) is 6.74. The molecular formula is C11H11NO2. The number of hydrogen-bond acceptors (Lipinski definition) is 2. The van der Waals surface area contributed by atoms with E-state index in [4.69, 9.17) is 0 Å². The maximum atomic E-state index is 10.8. The number of aldehydes is 1. The predicted octanol–water partition coefficient (Wildman–Crippen LogP) is 1.16. The van der Waals surface area contributed by atoms with Crippen molar-refractivity contribution in [2.45, 2.75) is 18.5 Å². The second-order valence-electron chi connectivity index (χ2n) is 3.67. The van der Waals surface area contributed by atoms with Crippen LogP contribution in [-0.2, 0) is 9.59 Å². The normalized spacial score (nSPS) is 29.8. The highest BCUT2D eigenvalue weighted by molar-refractivity contribution is 5.79. The second-order valence-corrected chi connectivity index (χ2v) is 3.67. The van der Waals surface area contributed by atoms with Crippen molar-refractivity contribution in [2.75, 3.05) is 0 Å². The van der Waals surface area contributed by atoms with Crippen molar-refractivity contribution in [1.82, 2.24) is 4.90 Å². The van der Waals surface area contributed by atoms with Gasteiger partial charge in [0, 0.05) is 0 Å². The molecule has 2 unspecified atom stereocenters. The van der Waals surface area contributed by atoms with Gasteiger partial charge < -0.3 is 9.69 Å². The van der Waals surface area contributed by atoms with E-state index >= 15 is 0 Å². The van der Waals surface area contributed by atoms with Crippen molar-refractivity contribution in [3.63, 3.8) is 0 Å². The zero-order valence-electron chi connectivity index (χ0n) is 7.88. The van der Waals surface area contributed by atoms with Crippen molar-refractivity contribution < 1.29 is 9.59 Å². The molecule has 1 aliphatic rings. The van der Waals surface area contributed by atoms with Crippen LogP contribution in [-0.4, -0.2) is 23.1 Å². The van der Waals surface area contributed by atoms with Gasteiger partial charge in [-0.05, 0) is 12.5 Å². The fourth-order valence-corrected chi connectivity index (χ4v) is 1.86. The van der Waals surface area contributed by atoms with Crippen molar-refractivity contribution in [3.05, 3.63) is 35.9 Å². The lowest BCUT2D eigenvalue weighted by atomic mass is 10.0. The largest absolute Gasteiger partial charge is 0.321 e. The maximum absolute atomic E-state index is 10.8. The summed E-state index contributed by atoms with van der Waals surface area (Å²) in [5, 5.41) is 0. The van der Waals surface area contributed by atoms with Crippen LogP contribution >= 0.6 is 0 Å². The van der Waals surface area contributed by atoms with Crippen LogP contribution in [0.25, 0.3) is 0 Å². The Kier molecular flexibility index (Phi) is 1.88. The highest BCUT2D eigenvalue weighted by Crippen LogP contribution is 2.50. The fraction of sp³-hybridized carbons (Fsp3) is 0.273. The molecule has 1 saturated heterocycles.